The van der Waals surface area contributed by atoms with Crippen LogP contribution in [0.5, 0.6) is 0 Å². The molecule has 6 rings (SSSR count). The van der Waals surface area contributed by atoms with Gasteiger partial charge in [-0.05, 0) is 78.3 Å². The van der Waals surface area contributed by atoms with Crippen LogP contribution in [0.1, 0.15) is 64.0 Å². The van der Waals surface area contributed by atoms with Crippen LogP contribution in [0.4, 0.5) is 5.69 Å². The molecule has 2 aromatic rings. The Morgan fingerprint density at radius 3 is 2.54 bits per heavy atom. The zero-order chi connectivity index (χ0) is 27.9. The smallest absolute Gasteiger partial charge is 0.218 e. The highest BCUT2D eigenvalue weighted by molar-refractivity contribution is 6.35. The fourth-order valence-electron chi connectivity index (χ4n) is 7.09. The third kappa shape index (κ3) is 5.94. The molecule has 210 valence electrons. The molecule has 0 aromatic heterocycles. The molecule has 8 heteroatoms. The number of piperazine rings is 1. The van der Waals surface area contributed by atoms with Gasteiger partial charge in [-0.3, -0.25) is 4.79 Å². The Morgan fingerprint density at radius 1 is 1.18 bits per heavy atom. The van der Waals surface area contributed by atoms with E-state index in [9.17, 15) is 4.79 Å². The minimum absolute atomic E-state index is 0.164. The van der Waals surface area contributed by atoms with Gasteiger partial charge in [0.15, 0.2) is 5.96 Å². The Bertz CT molecular complexity index is 1230. The van der Waals surface area contributed by atoms with E-state index >= 15 is 0 Å². The van der Waals surface area contributed by atoms with Crippen molar-refractivity contribution in [1.29, 1.82) is 0 Å². The Labute approximate surface area is 242 Å². The van der Waals surface area contributed by atoms with Crippen LogP contribution >= 0.6 is 23.2 Å². The molecule has 1 heterocycles. The van der Waals surface area contributed by atoms with Crippen molar-refractivity contribution in [2.24, 2.45) is 33.9 Å². The van der Waals surface area contributed by atoms with Gasteiger partial charge in [-0.1, -0.05) is 62.2 Å². The van der Waals surface area contributed by atoms with Crippen LogP contribution in [-0.4, -0.2) is 48.5 Å². The summed E-state index contributed by atoms with van der Waals surface area (Å²) in [5, 5.41) is 8.30. The van der Waals surface area contributed by atoms with Crippen LogP contribution in [0.3, 0.4) is 0 Å². The quantitative estimate of drug-likeness (QED) is 0.288. The summed E-state index contributed by atoms with van der Waals surface area (Å²) in [5.41, 5.74) is 8.84. The topological polar surface area (TPSA) is 82.7 Å². The predicted molar refractivity (Wildman–Crippen MR) is 162 cm³/mol. The molecule has 3 unspecified atom stereocenters. The van der Waals surface area contributed by atoms with Gasteiger partial charge in [-0.15, -0.1) is 0 Å². The standard InChI is InChI=1S/C31H41Cl2N5O/c1-18-17-38(12-11-35-18)30(37-28-14-21-13-26(19(28)2)31(21,3)4)36-23-8-5-20(6-9-23)25(16-29(34)39)24-10-7-22(32)15-27(24)33/h5-10,15,18-19,21,25-26,28,35H,11-14,16-17H2,1-4H3,(H2,34,39)(H,36,37)/t18-,19?,21-,25?,26+,28?/m0/s1. The van der Waals surface area contributed by atoms with E-state index in [0.717, 1.165) is 60.7 Å². The number of anilines is 1. The average molecular weight is 571 g/mol. The third-order valence-corrected chi connectivity index (χ3v) is 10.1. The highest BCUT2D eigenvalue weighted by Crippen LogP contribution is 2.61. The Balaban J connectivity index is 1.39. The Morgan fingerprint density at radius 2 is 1.92 bits per heavy atom. The fraction of sp³-hybridized carbons (Fsp3) is 0.548. The van der Waals surface area contributed by atoms with Gasteiger partial charge in [0.1, 0.15) is 0 Å². The number of primary amides is 1. The van der Waals surface area contributed by atoms with Crippen LogP contribution < -0.4 is 16.4 Å². The third-order valence-electron chi connectivity index (χ3n) is 9.58. The van der Waals surface area contributed by atoms with Crippen molar-refractivity contribution in [3.8, 4) is 0 Å². The number of nitrogens with two attached hydrogens (primary N) is 1. The molecule has 6 atom stereocenters. The molecule has 1 saturated heterocycles. The summed E-state index contributed by atoms with van der Waals surface area (Å²) in [5.74, 6) is 2.41. The molecule has 2 bridgehead atoms. The maximum Gasteiger partial charge on any atom is 0.218 e. The van der Waals surface area contributed by atoms with Crippen LogP contribution in [0.2, 0.25) is 10.0 Å². The van der Waals surface area contributed by atoms with Crippen molar-refractivity contribution < 1.29 is 4.79 Å². The number of halogens is 2. The van der Waals surface area contributed by atoms with Crippen molar-refractivity contribution in [2.75, 3.05) is 25.0 Å². The molecule has 39 heavy (non-hydrogen) atoms. The average Bonchev–Trinajstić information content (AvgIpc) is 2.88. The van der Waals surface area contributed by atoms with E-state index in [2.05, 4.69) is 55.4 Å². The molecule has 6 nitrogen and oxygen atoms in total. The molecular weight excluding hydrogens is 529 g/mol. The minimum atomic E-state index is -0.377. The Kier molecular flexibility index (Phi) is 8.19. The van der Waals surface area contributed by atoms with Crippen LogP contribution in [0.25, 0.3) is 0 Å². The van der Waals surface area contributed by atoms with E-state index in [4.69, 9.17) is 33.9 Å². The summed E-state index contributed by atoms with van der Waals surface area (Å²) in [7, 11) is 0. The summed E-state index contributed by atoms with van der Waals surface area (Å²) >= 11 is 12.6. The maximum atomic E-state index is 11.9. The molecule has 0 radical (unpaired) electrons. The number of benzene rings is 2. The molecule has 2 aromatic carbocycles. The molecule has 1 aliphatic heterocycles. The lowest BCUT2D eigenvalue weighted by molar-refractivity contribution is -0.118. The van der Waals surface area contributed by atoms with E-state index in [1.54, 1.807) is 12.1 Å². The summed E-state index contributed by atoms with van der Waals surface area (Å²) in [4.78, 5) is 19.7. The second kappa shape index (κ2) is 11.3. The number of guanidine groups is 1. The molecular formula is C31H41Cl2N5O. The number of amides is 1. The largest absolute Gasteiger partial charge is 0.370 e. The molecule has 3 saturated carbocycles. The number of aliphatic imine (C=N–C) groups is 1. The lowest BCUT2D eigenvalue weighted by Crippen LogP contribution is -2.57. The number of nitrogens with zero attached hydrogens (tertiary/aromatic N) is 2. The van der Waals surface area contributed by atoms with E-state index in [1.807, 2.05) is 18.2 Å². The first-order chi connectivity index (χ1) is 18.5. The van der Waals surface area contributed by atoms with Gasteiger partial charge in [-0.25, -0.2) is 4.99 Å². The number of hydrogen-bond acceptors (Lipinski definition) is 3. The van der Waals surface area contributed by atoms with Crippen molar-refractivity contribution in [3.05, 3.63) is 63.6 Å². The molecule has 0 spiro atoms. The minimum Gasteiger partial charge on any atom is -0.370 e. The second-order valence-corrected chi connectivity index (χ2v) is 13.3. The second-order valence-electron chi connectivity index (χ2n) is 12.4. The van der Waals surface area contributed by atoms with Crippen molar-refractivity contribution in [1.82, 2.24) is 10.2 Å². The number of nitrogens with one attached hydrogen (secondary N) is 2. The van der Waals surface area contributed by atoms with Crippen LogP contribution in [0.15, 0.2) is 47.5 Å². The van der Waals surface area contributed by atoms with Gasteiger partial charge in [-0.2, -0.15) is 0 Å². The predicted octanol–water partition coefficient (Wildman–Crippen LogP) is 6.13. The first kappa shape index (κ1) is 28.3. The molecule has 1 amide bonds. The lowest BCUT2D eigenvalue weighted by atomic mass is 9.45. The highest BCUT2D eigenvalue weighted by atomic mass is 35.5. The molecule has 4 N–H and O–H groups in total. The van der Waals surface area contributed by atoms with Crippen molar-refractivity contribution >= 4 is 40.8 Å². The van der Waals surface area contributed by atoms with Crippen LogP contribution in [0, 0.1) is 23.2 Å². The normalized spacial score (nSPS) is 28.9. The molecule has 4 fully saturated rings. The van der Waals surface area contributed by atoms with E-state index < -0.39 is 0 Å². The van der Waals surface area contributed by atoms with Gasteiger partial charge < -0.3 is 21.3 Å². The fourth-order valence-corrected chi connectivity index (χ4v) is 7.63. The number of fused-ring (bicyclic) bond motifs is 2. The molecule has 3 aliphatic carbocycles. The van der Waals surface area contributed by atoms with E-state index in [0.29, 0.717) is 33.5 Å². The number of rotatable bonds is 6. The van der Waals surface area contributed by atoms with Crippen LogP contribution in [-0.2, 0) is 4.79 Å². The zero-order valence-electron chi connectivity index (χ0n) is 23.4. The number of hydrogen-bond donors (Lipinski definition) is 3. The number of carbonyl (C=O) groups is 1. The van der Waals surface area contributed by atoms with Gasteiger partial charge in [0, 0.05) is 53.7 Å². The first-order valence-electron chi connectivity index (χ1n) is 14.2. The summed E-state index contributed by atoms with van der Waals surface area (Å²) in [6.07, 6.45) is 2.67. The summed E-state index contributed by atoms with van der Waals surface area (Å²) in [6.45, 7) is 12.3. The summed E-state index contributed by atoms with van der Waals surface area (Å²) in [6, 6.07) is 14.3. The van der Waals surface area contributed by atoms with E-state index in [-0.39, 0.29) is 18.2 Å². The van der Waals surface area contributed by atoms with Gasteiger partial charge >= 0.3 is 0 Å². The summed E-state index contributed by atoms with van der Waals surface area (Å²) < 4.78 is 0. The monoisotopic (exact) mass is 569 g/mol. The Hall–Kier alpha value is -2.28. The van der Waals surface area contributed by atoms with E-state index in [1.165, 1.54) is 6.42 Å². The zero-order valence-corrected chi connectivity index (χ0v) is 24.9. The first-order valence-corrected chi connectivity index (χ1v) is 14.9. The van der Waals surface area contributed by atoms with Crippen molar-refractivity contribution in [3.63, 3.8) is 0 Å². The lowest BCUT2D eigenvalue weighted by Gasteiger charge is -2.61. The van der Waals surface area contributed by atoms with Crippen molar-refractivity contribution in [2.45, 2.75) is 65.0 Å². The number of carbonyl (C=O) groups excluding carboxylic acids is 1. The highest BCUT2D eigenvalue weighted by Gasteiger charge is 2.56. The molecule has 4 aliphatic rings. The van der Waals surface area contributed by atoms with Gasteiger partial charge in [0.2, 0.25) is 5.91 Å². The van der Waals surface area contributed by atoms with Gasteiger partial charge in [0.25, 0.3) is 0 Å². The SMILES string of the molecule is CC1C(/N=C(\Nc2ccc(C(CC(N)=O)c3ccc(Cl)cc3Cl)cc2)N2CCN[C@@H](C)C2)C[C@@H]2C[C@H]1C2(C)C. The maximum absolute atomic E-state index is 11.9. The van der Waals surface area contributed by atoms with Gasteiger partial charge in [0.05, 0.1) is 6.04 Å².